The van der Waals surface area contributed by atoms with Crippen molar-refractivity contribution in [2.75, 3.05) is 19.7 Å². The summed E-state index contributed by atoms with van der Waals surface area (Å²) < 4.78 is 5.61. The minimum Gasteiger partial charge on any atom is -0.367 e. The Morgan fingerprint density at radius 1 is 1.19 bits per heavy atom. The quantitative estimate of drug-likeness (QED) is 0.777. The van der Waals surface area contributed by atoms with Gasteiger partial charge in [0.15, 0.2) is 0 Å². The van der Waals surface area contributed by atoms with Crippen LogP contribution in [0.2, 0.25) is 0 Å². The molecule has 0 aromatic rings. The first-order valence-electron chi connectivity index (χ1n) is 6.42. The monoisotopic (exact) mass is 226 g/mol. The highest BCUT2D eigenvalue weighted by Gasteiger charge is 2.26. The Hall–Kier alpha value is -0.610. The third-order valence-corrected chi connectivity index (χ3v) is 3.63. The lowest BCUT2D eigenvalue weighted by Gasteiger charge is -2.27. The molecular formula is C12H22N2O2. The topological polar surface area (TPSA) is 55.6 Å². The van der Waals surface area contributed by atoms with Crippen molar-refractivity contribution in [3.63, 3.8) is 0 Å². The highest BCUT2D eigenvalue weighted by Crippen LogP contribution is 2.20. The van der Waals surface area contributed by atoms with Gasteiger partial charge < -0.3 is 15.4 Å². The van der Waals surface area contributed by atoms with E-state index >= 15 is 0 Å². The summed E-state index contributed by atoms with van der Waals surface area (Å²) in [5.41, 5.74) is 5.89. The van der Waals surface area contributed by atoms with Gasteiger partial charge in [-0.3, -0.25) is 4.79 Å². The first-order valence-corrected chi connectivity index (χ1v) is 6.42. The fraction of sp³-hybridized carbons (Fsp3) is 0.917. The van der Waals surface area contributed by atoms with Crippen LogP contribution in [0.4, 0.5) is 0 Å². The zero-order valence-electron chi connectivity index (χ0n) is 9.86. The van der Waals surface area contributed by atoms with Gasteiger partial charge in [-0.05, 0) is 38.5 Å². The number of carbonyl (C=O) groups excluding carboxylic acids is 1. The number of nitrogens with zero attached hydrogens (tertiary/aromatic N) is 1. The van der Waals surface area contributed by atoms with Gasteiger partial charge in [-0.2, -0.15) is 0 Å². The highest BCUT2D eigenvalue weighted by molar-refractivity contribution is 5.77. The van der Waals surface area contributed by atoms with E-state index in [9.17, 15) is 4.79 Å². The summed E-state index contributed by atoms with van der Waals surface area (Å²) in [7, 11) is 0. The van der Waals surface area contributed by atoms with Crippen LogP contribution in [0.15, 0.2) is 0 Å². The molecule has 0 bridgehead atoms. The number of hydrogen-bond donors (Lipinski definition) is 1. The van der Waals surface area contributed by atoms with Gasteiger partial charge in [0.05, 0.1) is 6.10 Å². The Morgan fingerprint density at radius 3 is 2.56 bits per heavy atom. The van der Waals surface area contributed by atoms with Crippen molar-refractivity contribution in [1.82, 2.24) is 4.90 Å². The number of ether oxygens (including phenoxy) is 1. The summed E-state index contributed by atoms with van der Waals surface area (Å²) >= 11 is 0. The molecule has 2 N–H and O–H groups in total. The van der Waals surface area contributed by atoms with E-state index < -0.39 is 0 Å². The fourth-order valence-electron chi connectivity index (χ4n) is 2.57. The maximum absolute atomic E-state index is 11.8. The predicted octanol–water partition coefficient (Wildman–Crippen LogP) is 0.895. The van der Waals surface area contributed by atoms with Gasteiger partial charge in [0.1, 0.15) is 6.61 Å². The molecule has 1 amide bonds. The van der Waals surface area contributed by atoms with Gasteiger partial charge in [-0.1, -0.05) is 0 Å². The van der Waals surface area contributed by atoms with Crippen molar-refractivity contribution in [1.29, 1.82) is 0 Å². The van der Waals surface area contributed by atoms with E-state index in [0.717, 1.165) is 45.2 Å². The molecule has 0 aromatic heterocycles. The lowest BCUT2D eigenvalue weighted by Crippen LogP contribution is -2.40. The lowest BCUT2D eigenvalue weighted by atomic mass is 10.1. The fourth-order valence-corrected chi connectivity index (χ4v) is 2.57. The van der Waals surface area contributed by atoms with Crippen LogP contribution >= 0.6 is 0 Å². The number of amides is 1. The molecule has 2 aliphatic rings. The molecule has 0 aromatic carbocycles. The molecule has 2 atom stereocenters. The Kier molecular flexibility index (Phi) is 4.18. The summed E-state index contributed by atoms with van der Waals surface area (Å²) in [6.45, 7) is 2.02. The van der Waals surface area contributed by atoms with E-state index in [1.165, 1.54) is 6.42 Å². The summed E-state index contributed by atoms with van der Waals surface area (Å²) in [6, 6.07) is 0.133. The van der Waals surface area contributed by atoms with Crippen molar-refractivity contribution in [3.05, 3.63) is 0 Å². The Balaban J connectivity index is 1.70. The first-order chi connectivity index (χ1) is 7.77. The van der Waals surface area contributed by atoms with E-state index in [1.54, 1.807) is 0 Å². The van der Waals surface area contributed by atoms with Crippen LogP contribution in [0.1, 0.15) is 38.5 Å². The number of hydrogen-bond acceptors (Lipinski definition) is 3. The standard InChI is InChI=1S/C12H22N2O2/c13-10-5-4-6-11(10)16-9-12(15)14-7-2-1-3-8-14/h10-11H,1-9,13H2. The highest BCUT2D eigenvalue weighted by atomic mass is 16.5. The molecule has 1 saturated heterocycles. The third kappa shape index (κ3) is 2.95. The molecule has 0 spiro atoms. The van der Waals surface area contributed by atoms with Crippen LogP contribution in [0.3, 0.4) is 0 Å². The van der Waals surface area contributed by atoms with Crippen LogP contribution < -0.4 is 5.73 Å². The number of nitrogens with two attached hydrogens (primary N) is 1. The summed E-state index contributed by atoms with van der Waals surface area (Å²) in [6.07, 6.45) is 6.79. The van der Waals surface area contributed by atoms with E-state index in [-0.39, 0.29) is 24.7 Å². The first kappa shape index (κ1) is 11.9. The van der Waals surface area contributed by atoms with Crippen molar-refractivity contribution >= 4 is 5.91 Å². The van der Waals surface area contributed by atoms with Gasteiger partial charge in [0.25, 0.3) is 0 Å². The molecular weight excluding hydrogens is 204 g/mol. The molecule has 2 fully saturated rings. The summed E-state index contributed by atoms with van der Waals surface area (Å²) in [4.78, 5) is 13.7. The largest absolute Gasteiger partial charge is 0.367 e. The van der Waals surface area contributed by atoms with Crippen molar-refractivity contribution in [2.24, 2.45) is 5.73 Å². The SMILES string of the molecule is NC1CCCC1OCC(=O)N1CCCCC1. The predicted molar refractivity (Wildman–Crippen MR) is 62.0 cm³/mol. The van der Waals surface area contributed by atoms with Gasteiger partial charge in [0.2, 0.25) is 5.91 Å². The van der Waals surface area contributed by atoms with E-state index in [1.807, 2.05) is 4.90 Å². The molecule has 2 rings (SSSR count). The smallest absolute Gasteiger partial charge is 0.248 e. The van der Waals surface area contributed by atoms with Crippen LogP contribution in [0.5, 0.6) is 0 Å². The van der Waals surface area contributed by atoms with Crippen LogP contribution in [0, 0.1) is 0 Å². The summed E-state index contributed by atoms with van der Waals surface area (Å²) in [5.74, 6) is 0.138. The van der Waals surface area contributed by atoms with Gasteiger partial charge >= 0.3 is 0 Å². The maximum Gasteiger partial charge on any atom is 0.248 e. The Bertz CT molecular complexity index is 239. The number of rotatable bonds is 3. The number of carbonyl (C=O) groups is 1. The summed E-state index contributed by atoms with van der Waals surface area (Å²) in [5, 5.41) is 0. The van der Waals surface area contributed by atoms with Gasteiger partial charge in [0, 0.05) is 19.1 Å². The molecule has 92 valence electrons. The van der Waals surface area contributed by atoms with E-state index in [2.05, 4.69) is 0 Å². The van der Waals surface area contributed by atoms with Crippen molar-refractivity contribution in [2.45, 2.75) is 50.7 Å². The third-order valence-electron chi connectivity index (χ3n) is 3.63. The minimum absolute atomic E-state index is 0.105. The van der Waals surface area contributed by atoms with E-state index in [4.69, 9.17) is 10.5 Å². The van der Waals surface area contributed by atoms with Gasteiger partial charge in [-0.25, -0.2) is 0 Å². The van der Waals surface area contributed by atoms with Crippen molar-refractivity contribution in [3.8, 4) is 0 Å². The second-order valence-electron chi connectivity index (χ2n) is 4.89. The molecule has 1 heterocycles. The molecule has 1 saturated carbocycles. The molecule has 1 aliphatic carbocycles. The Morgan fingerprint density at radius 2 is 1.94 bits per heavy atom. The van der Waals surface area contributed by atoms with Gasteiger partial charge in [-0.15, -0.1) is 0 Å². The second kappa shape index (κ2) is 5.64. The van der Waals surface area contributed by atoms with Crippen LogP contribution in [0.25, 0.3) is 0 Å². The zero-order valence-corrected chi connectivity index (χ0v) is 9.86. The molecule has 4 heteroatoms. The Labute approximate surface area is 97.1 Å². The number of piperidine rings is 1. The molecule has 4 nitrogen and oxygen atoms in total. The molecule has 16 heavy (non-hydrogen) atoms. The van der Waals surface area contributed by atoms with Crippen LogP contribution in [-0.4, -0.2) is 42.6 Å². The minimum atomic E-state index is 0.105. The van der Waals surface area contributed by atoms with Crippen LogP contribution in [-0.2, 0) is 9.53 Å². The van der Waals surface area contributed by atoms with Crippen molar-refractivity contribution < 1.29 is 9.53 Å². The number of likely N-dealkylation sites (tertiary alicyclic amines) is 1. The molecule has 2 unspecified atom stereocenters. The second-order valence-corrected chi connectivity index (χ2v) is 4.89. The van der Waals surface area contributed by atoms with E-state index in [0.29, 0.717) is 0 Å². The normalized spacial score (nSPS) is 30.7. The zero-order chi connectivity index (χ0) is 11.4. The lowest BCUT2D eigenvalue weighted by molar-refractivity contribution is -0.139. The average Bonchev–Trinajstić information content (AvgIpc) is 2.73. The maximum atomic E-state index is 11.8. The average molecular weight is 226 g/mol. The molecule has 0 radical (unpaired) electrons. The molecule has 1 aliphatic heterocycles.